The highest BCUT2D eigenvalue weighted by molar-refractivity contribution is 6.58. The molecule has 0 amide bonds. The second kappa shape index (κ2) is 12.0. The lowest BCUT2D eigenvalue weighted by Crippen LogP contribution is -2.33. The number of fused-ring (bicyclic) bond motifs is 1. The van der Waals surface area contributed by atoms with Crippen molar-refractivity contribution in [1.29, 1.82) is 0 Å². The van der Waals surface area contributed by atoms with Crippen molar-refractivity contribution in [3.05, 3.63) is 60.2 Å². The monoisotopic (exact) mass is 440 g/mol. The summed E-state index contributed by atoms with van der Waals surface area (Å²) in [6.45, 7) is 2.92. The van der Waals surface area contributed by atoms with Crippen molar-refractivity contribution >= 4 is 23.4 Å². The lowest BCUT2D eigenvalue weighted by Gasteiger charge is -2.11. The maximum atomic E-state index is 14.5. The van der Waals surface area contributed by atoms with E-state index in [1.165, 1.54) is 57.1 Å². The molecule has 2 N–H and O–H groups in total. The molecule has 3 rings (SSSR count). The maximum absolute atomic E-state index is 14.5. The van der Waals surface area contributed by atoms with Gasteiger partial charge in [0.05, 0.1) is 6.61 Å². The number of unbranched alkanes of at least 4 members (excludes halogenated alkanes) is 7. The first-order chi connectivity index (χ1) is 15.5. The van der Waals surface area contributed by atoms with Gasteiger partial charge in [0.1, 0.15) is 5.75 Å². The Morgan fingerprint density at radius 1 is 0.750 bits per heavy atom. The summed E-state index contributed by atoms with van der Waals surface area (Å²) in [5.74, 6) is -1.55. The Kier molecular flexibility index (Phi) is 9.06. The largest absolute Gasteiger partial charge is 0.494 e. The molecule has 0 fully saturated rings. The Labute approximate surface area is 189 Å². The molecule has 6 heteroatoms. The van der Waals surface area contributed by atoms with E-state index in [0.29, 0.717) is 12.2 Å². The molecule has 0 unspecified atom stereocenters. The summed E-state index contributed by atoms with van der Waals surface area (Å²) in [5.41, 5.74) is 0.106. The molecule has 0 aromatic heterocycles. The summed E-state index contributed by atoms with van der Waals surface area (Å²) in [5, 5.41) is 20.1. The van der Waals surface area contributed by atoms with Crippen LogP contribution in [0.3, 0.4) is 0 Å². The molecule has 0 spiro atoms. The van der Waals surface area contributed by atoms with Crippen LogP contribution in [0.25, 0.3) is 21.9 Å². The quantitative estimate of drug-likeness (QED) is 0.269. The second-order valence-corrected chi connectivity index (χ2v) is 8.25. The summed E-state index contributed by atoms with van der Waals surface area (Å²) in [7, 11) is -2.06. The normalized spacial score (nSPS) is 11.2. The number of benzene rings is 3. The highest BCUT2D eigenvalue weighted by atomic mass is 19.2. The van der Waals surface area contributed by atoms with E-state index in [0.717, 1.165) is 22.9 Å². The van der Waals surface area contributed by atoms with Gasteiger partial charge in [0.15, 0.2) is 11.6 Å². The highest BCUT2D eigenvalue weighted by Gasteiger charge is 2.22. The zero-order valence-corrected chi connectivity index (χ0v) is 18.6. The van der Waals surface area contributed by atoms with Gasteiger partial charge >= 0.3 is 7.12 Å². The third-order valence-electron chi connectivity index (χ3n) is 5.78. The van der Waals surface area contributed by atoms with Crippen LogP contribution in [0.1, 0.15) is 58.3 Å². The van der Waals surface area contributed by atoms with Crippen LogP contribution < -0.4 is 10.2 Å². The van der Waals surface area contributed by atoms with Crippen molar-refractivity contribution in [2.45, 2.75) is 58.3 Å². The number of hydrogen-bond acceptors (Lipinski definition) is 3. The summed E-state index contributed by atoms with van der Waals surface area (Å²) in [6.07, 6.45) is 10.0. The van der Waals surface area contributed by atoms with Gasteiger partial charge in [0, 0.05) is 11.0 Å². The van der Waals surface area contributed by atoms with E-state index in [1.807, 2.05) is 24.3 Å². The topological polar surface area (TPSA) is 49.7 Å². The molecule has 0 bridgehead atoms. The van der Waals surface area contributed by atoms with Crippen molar-refractivity contribution in [2.75, 3.05) is 6.61 Å². The summed E-state index contributed by atoms with van der Waals surface area (Å²) >= 11 is 0. The Morgan fingerprint density at radius 2 is 1.41 bits per heavy atom. The van der Waals surface area contributed by atoms with Gasteiger partial charge in [-0.15, -0.1) is 0 Å². The van der Waals surface area contributed by atoms with Crippen LogP contribution in [0.5, 0.6) is 5.75 Å². The predicted molar refractivity (Wildman–Crippen MR) is 127 cm³/mol. The van der Waals surface area contributed by atoms with E-state index in [4.69, 9.17) is 14.8 Å². The molecule has 3 nitrogen and oxygen atoms in total. The average Bonchev–Trinajstić information content (AvgIpc) is 2.79. The fraction of sp³-hybridized carbons (Fsp3) is 0.385. The van der Waals surface area contributed by atoms with Gasteiger partial charge in [0.2, 0.25) is 0 Å². The van der Waals surface area contributed by atoms with Gasteiger partial charge in [-0.1, -0.05) is 82.2 Å². The molecular formula is C26H31BF2O3. The highest BCUT2D eigenvalue weighted by Crippen LogP contribution is 2.29. The Hall–Kier alpha value is -2.44. The molecule has 32 heavy (non-hydrogen) atoms. The van der Waals surface area contributed by atoms with E-state index >= 15 is 0 Å². The Morgan fingerprint density at radius 3 is 2.12 bits per heavy atom. The molecule has 0 radical (unpaired) electrons. The second-order valence-electron chi connectivity index (χ2n) is 8.25. The minimum absolute atomic E-state index is 0.0730. The number of ether oxygens (including phenoxy) is 1. The van der Waals surface area contributed by atoms with Gasteiger partial charge in [-0.2, -0.15) is 0 Å². The van der Waals surface area contributed by atoms with Crippen LogP contribution in [0, 0.1) is 11.6 Å². The predicted octanol–water partition coefficient (Wildman–Crippen LogP) is 5.98. The fourth-order valence-corrected chi connectivity index (χ4v) is 3.89. The minimum atomic E-state index is -2.06. The van der Waals surface area contributed by atoms with Crippen molar-refractivity contribution in [3.8, 4) is 16.9 Å². The molecular weight excluding hydrogens is 409 g/mol. The van der Waals surface area contributed by atoms with Gasteiger partial charge in [0.25, 0.3) is 0 Å². The average molecular weight is 440 g/mol. The smallest absolute Gasteiger partial charge is 0.491 e. The fourth-order valence-electron chi connectivity index (χ4n) is 3.89. The van der Waals surface area contributed by atoms with E-state index in [2.05, 4.69) is 6.92 Å². The van der Waals surface area contributed by atoms with Gasteiger partial charge in [-0.25, -0.2) is 8.78 Å². The molecule has 170 valence electrons. The van der Waals surface area contributed by atoms with E-state index < -0.39 is 24.2 Å². The number of halogens is 2. The summed E-state index contributed by atoms with van der Waals surface area (Å²) in [4.78, 5) is 0. The lowest BCUT2D eigenvalue weighted by atomic mass is 9.79. The SMILES string of the molecule is CCCCCCCCCCOc1ccc2cc(-c3ccc(B(O)O)c(F)c3F)ccc2c1. The van der Waals surface area contributed by atoms with Crippen molar-refractivity contribution in [3.63, 3.8) is 0 Å². The van der Waals surface area contributed by atoms with Crippen LogP contribution in [0.4, 0.5) is 8.78 Å². The van der Waals surface area contributed by atoms with Crippen LogP contribution in [-0.4, -0.2) is 23.8 Å². The molecule has 0 atom stereocenters. The van der Waals surface area contributed by atoms with E-state index in [1.54, 1.807) is 12.1 Å². The van der Waals surface area contributed by atoms with Crippen LogP contribution in [0.15, 0.2) is 48.5 Å². The van der Waals surface area contributed by atoms with Gasteiger partial charge in [-0.05, 0) is 41.0 Å². The maximum Gasteiger partial charge on any atom is 0.491 e. The van der Waals surface area contributed by atoms with Crippen LogP contribution in [0.2, 0.25) is 0 Å². The van der Waals surface area contributed by atoms with Crippen LogP contribution >= 0.6 is 0 Å². The van der Waals surface area contributed by atoms with Crippen molar-refractivity contribution in [1.82, 2.24) is 0 Å². The molecule has 0 saturated heterocycles. The molecule has 0 aliphatic rings. The van der Waals surface area contributed by atoms with Gasteiger partial charge in [-0.3, -0.25) is 0 Å². The zero-order chi connectivity index (χ0) is 22.9. The van der Waals surface area contributed by atoms with Crippen LogP contribution in [-0.2, 0) is 0 Å². The standard InChI is InChI=1S/C26H31BF2O3/c1-2-3-4-5-6-7-8-9-16-32-22-13-12-19-17-21(11-10-20(19)18-22)23-14-15-24(27(30)31)26(29)25(23)28/h10-15,17-18,30-31H,2-9,16H2,1H3. The molecule has 0 heterocycles. The number of hydrogen-bond donors (Lipinski definition) is 2. The lowest BCUT2D eigenvalue weighted by molar-refractivity contribution is 0.304. The molecule has 0 saturated carbocycles. The van der Waals surface area contributed by atoms with Gasteiger partial charge < -0.3 is 14.8 Å². The first-order valence-electron chi connectivity index (χ1n) is 11.5. The molecule has 0 aliphatic heterocycles. The van der Waals surface area contributed by atoms with Crippen molar-refractivity contribution < 1.29 is 23.6 Å². The van der Waals surface area contributed by atoms with Crippen molar-refractivity contribution in [2.24, 2.45) is 0 Å². The number of rotatable bonds is 12. The van der Waals surface area contributed by atoms with E-state index in [-0.39, 0.29) is 5.56 Å². The molecule has 3 aromatic rings. The Balaban J connectivity index is 1.58. The molecule has 0 aliphatic carbocycles. The van der Waals surface area contributed by atoms with E-state index in [9.17, 15) is 8.78 Å². The first-order valence-corrected chi connectivity index (χ1v) is 11.5. The third-order valence-corrected chi connectivity index (χ3v) is 5.78. The Bertz CT molecular complexity index is 1020. The zero-order valence-electron chi connectivity index (χ0n) is 18.6. The molecule has 3 aromatic carbocycles. The summed E-state index contributed by atoms with van der Waals surface area (Å²) in [6, 6.07) is 13.6. The summed E-state index contributed by atoms with van der Waals surface area (Å²) < 4.78 is 34.5. The third kappa shape index (κ3) is 6.30. The minimum Gasteiger partial charge on any atom is -0.494 e. The first kappa shape index (κ1) is 24.2.